The molecule has 7 nitrogen and oxygen atoms in total. The van der Waals surface area contributed by atoms with Gasteiger partial charge in [-0.05, 0) is 73.6 Å². The van der Waals surface area contributed by atoms with Crippen LogP contribution in [0.2, 0.25) is 5.02 Å². The number of nitrogens with one attached hydrogen (secondary N) is 2. The number of sulfonamides is 1. The van der Waals surface area contributed by atoms with Crippen molar-refractivity contribution >= 4 is 33.4 Å². The molecule has 1 aliphatic carbocycles. The molecular formula is C30H34ClN3O4S. The van der Waals surface area contributed by atoms with E-state index in [0.717, 1.165) is 29.5 Å². The Labute approximate surface area is 235 Å². The minimum absolute atomic E-state index is 0.0384. The molecule has 0 unspecified atom stereocenters. The fourth-order valence-corrected chi connectivity index (χ4v) is 5.64. The fraction of sp³-hybridized carbons (Fsp3) is 0.333. The molecule has 3 aromatic rings. The van der Waals surface area contributed by atoms with Crippen LogP contribution in [0.1, 0.15) is 42.9 Å². The first-order chi connectivity index (χ1) is 18.7. The van der Waals surface area contributed by atoms with Crippen molar-refractivity contribution in [2.75, 3.05) is 6.54 Å². The lowest BCUT2D eigenvalue weighted by Gasteiger charge is -2.29. The first-order valence-electron chi connectivity index (χ1n) is 13.2. The number of aryl methyl sites for hydroxylation is 1. The summed E-state index contributed by atoms with van der Waals surface area (Å²) in [5.41, 5.74) is 2.84. The van der Waals surface area contributed by atoms with Crippen LogP contribution in [0.4, 0.5) is 0 Å². The van der Waals surface area contributed by atoms with E-state index in [1.807, 2.05) is 42.5 Å². The van der Waals surface area contributed by atoms with Crippen molar-refractivity contribution in [3.8, 4) is 0 Å². The van der Waals surface area contributed by atoms with Crippen LogP contribution in [-0.4, -0.2) is 43.8 Å². The van der Waals surface area contributed by atoms with Crippen LogP contribution in [0.5, 0.6) is 0 Å². The largest absolute Gasteiger partial charge is 0.354 e. The molecule has 0 saturated heterocycles. The van der Waals surface area contributed by atoms with Gasteiger partial charge < -0.3 is 10.2 Å². The van der Waals surface area contributed by atoms with E-state index < -0.39 is 16.1 Å². The standard InChI is InChI=1S/C30H34ClN3O4S/c1-22(30(36)32-20-19-23-5-3-2-4-6-23)34(21-25-7-12-26(31)13-8-25)29(35)18-11-24-9-16-28(17-10-24)39(37,38)33-27-14-15-27/h2-10,12-13,16-17,22,27,33H,11,14-15,18-21H2,1H3,(H,32,36)/t22-/m1/s1. The Kier molecular flexibility index (Phi) is 9.78. The maximum atomic E-state index is 13.4. The first kappa shape index (κ1) is 28.8. The van der Waals surface area contributed by atoms with E-state index in [1.54, 1.807) is 48.2 Å². The van der Waals surface area contributed by atoms with Gasteiger partial charge >= 0.3 is 0 Å². The van der Waals surface area contributed by atoms with Crippen molar-refractivity contribution in [3.63, 3.8) is 0 Å². The predicted octanol–water partition coefficient (Wildman–Crippen LogP) is 4.49. The Morgan fingerprint density at radius 1 is 0.897 bits per heavy atom. The van der Waals surface area contributed by atoms with Gasteiger partial charge in [-0.3, -0.25) is 9.59 Å². The Morgan fingerprint density at radius 3 is 2.15 bits per heavy atom. The van der Waals surface area contributed by atoms with Crippen LogP contribution < -0.4 is 10.0 Å². The number of carbonyl (C=O) groups is 2. The second-order valence-electron chi connectivity index (χ2n) is 9.89. The first-order valence-corrected chi connectivity index (χ1v) is 15.0. The lowest BCUT2D eigenvalue weighted by Crippen LogP contribution is -2.48. The van der Waals surface area contributed by atoms with Gasteiger partial charge in [0, 0.05) is 30.6 Å². The third kappa shape index (κ3) is 8.65. The van der Waals surface area contributed by atoms with Crippen LogP contribution in [0, 0.1) is 0 Å². The molecule has 0 spiro atoms. The number of hydrogen-bond acceptors (Lipinski definition) is 4. The average molecular weight is 568 g/mol. The Hall–Kier alpha value is -3.20. The van der Waals surface area contributed by atoms with Gasteiger partial charge in [0.25, 0.3) is 0 Å². The molecule has 1 fully saturated rings. The third-order valence-corrected chi connectivity index (χ3v) is 8.54. The number of halogens is 1. The number of hydrogen-bond donors (Lipinski definition) is 2. The topological polar surface area (TPSA) is 95.6 Å². The maximum absolute atomic E-state index is 13.4. The van der Waals surface area contributed by atoms with Crippen LogP contribution in [-0.2, 0) is 39.0 Å². The van der Waals surface area contributed by atoms with Gasteiger partial charge in [-0.25, -0.2) is 13.1 Å². The van der Waals surface area contributed by atoms with E-state index in [2.05, 4.69) is 10.0 Å². The summed E-state index contributed by atoms with van der Waals surface area (Å²) in [7, 11) is -3.52. The highest BCUT2D eigenvalue weighted by Crippen LogP contribution is 2.22. The quantitative estimate of drug-likeness (QED) is 0.318. The Bertz CT molecular complexity index is 1360. The molecule has 1 aliphatic rings. The number of benzene rings is 3. The fourth-order valence-electron chi connectivity index (χ4n) is 4.21. The predicted molar refractivity (Wildman–Crippen MR) is 153 cm³/mol. The van der Waals surface area contributed by atoms with Crippen LogP contribution >= 0.6 is 11.6 Å². The highest BCUT2D eigenvalue weighted by molar-refractivity contribution is 7.89. The van der Waals surface area contributed by atoms with Gasteiger partial charge in [-0.15, -0.1) is 0 Å². The van der Waals surface area contributed by atoms with Crippen molar-refractivity contribution in [3.05, 3.63) is 101 Å². The molecule has 206 valence electrons. The molecule has 2 amide bonds. The summed E-state index contributed by atoms with van der Waals surface area (Å²) in [6.07, 6.45) is 3.05. The zero-order valence-electron chi connectivity index (χ0n) is 22.0. The van der Waals surface area contributed by atoms with Crippen molar-refractivity contribution in [2.24, 2.45) is 0 Å². The summed E-state index contributed by atoms with van der Waals surface area (Å²) in [6.45, 7) is 2.48. The highest BCUT2D eigenvalue weighted by Gasteiger charge is 2.28. The van der Waals surface area contributed by atoms with Crippen LogP contribution in [0.25, 0.3) is 0 Å². The molecule has 0 radical (unpaired) electrons. The molecule has 9 heteroatoms. The molecular weight excluding hydrogens is 534 g/mol. The van der Waals surface area contributed by atoms with Gasteiger partial charge in [0.15, 0.2) is 0 Å². The lowest BCUT2D eigenvalue weighted by atomic mass is 10.1. The van der Waals surface area contributed by atoms with E-state index in [9.17, 15) is 18.0 Å². The van der Waals surface area contributed by atoms with Crippen molar-refractivity contribution in [1.29, 1.82) is 0 Å². The second-order valence-corrected chi connectivity index (χ2v) is 12.0. The number of rotatable bonds is 13. The van der Waals surface area contributed by atoms with Gasteiger partial charge in [0.1, 0.15) is 6.04 Å². The second kappa shape index (κ2) is 13.2. The van der Waals surface area contributed by atoms with Crippen LogP contribution in [0.15, 0.2) is 83.8 Å². The van der Waals surface area contributed by atoms with Gasteiger partial charge in [0.05, 0.1) is 4.90 Å². The molecule has 1 atom stereocenters. The lowest BCUT2D eigenvalue weighted by molar-refractivity contribution is -0.140. The zero-order chi connectivity index (χ0) is 27.8. The van der Waals surface area contributed by atoms with E-state index >= 15 is 0 Å². The molecule has 3 aromatic carbocycles. The molecule has 39 heavy (non-hydrogen) atoms. The smallest absolute Gasteiger partial charge is 0.242 e. The number of amides is 2. The zero-order valence-corrected chi connectivity index (χ0v) is 23.5. The summed E-state index contributed by atoms with van der Waals surface area (Å²) in [6, 6.07) is 23.1. The Morgan fingerprint density at radius 2 is 1.51 bits per heavy atom. The number of carbonyl (C=O) groups excluding carboxylic acids is 2. The molecule has 0 heterocycles. The molecule has 0 aromatic heterocycles. The monoisotopic (exact) mass is 567 g/mol. The Balaban J connectivity index is 1.38. The van der Waals surface area contributed by atoms with E-state index in [4.69, 9.17) is 11.6 Å². The molecule has 0 bridgehead atoms. The van der Waals surface area contributed by atoms with E-state index in [-0.39, 0.29) is 35.7 Å². The highest BCUT2D eigenvalue weighted by atomic mass is 35.5. The van der Waals surface area contributed by atoms with E-state index in [0.29, 0.717) is 24.4 Å². The summed E-state index contributed by atoms with van der Waals surface area (Å²) in [5, 5.41) is 3.55. The summed E-state index contributed by atoms with van der Waals surface area (Å²) < 4.78 is 27.5. The van der Waals surface area contributed by atoms with Crippen molar-refractivity contribution < 1.29 is 18.0 Å². The summed E-state index contributed by atoms with van der Waals surface area (Å²) in [4.78, 5) is 28.2. The molecule has 2 N–H and O–H groups in total. The average Bonchev–Trinajstić information content (AvgIpc) is 3.75. The minimum atomic E-state index is -3.52. The molecule has 0 aliphatic heterocycles. The van der Waals surface area contributed by atoms with Crippen molar-refractivity contribution in [2.45, 2.75) is 62.6 Å². The summed E-state index contributed by atoms with van der Waals surface area (Å²) in [5.74, 6) is -0.381. The van der Waals surface area contributed by atoms with Gasteiger partial charge in [-0.2, -0.15) is 0 Å². The maximum Gasteiger partial charge on any atom is 0.242 e. The molecule has 1 saturated carbocycles. The normalized spacial score (nSPS) is 14.0. The molecule has 4 rings (SSSR count). The summed E-state index contributed by atoms with van der Waals surface area (Å²) >= 11 is 6.03. The van der Waals surface area contributed by atoms with E-state index in [1.165, 1.54) is 0 Å². The van der Waals surface area contributed by atoms with Crippen LogP contribution in [0.3, 0.4) is 0 Å². The number of nitrogens with zero attached hydrogens (tertiary/aromatic N) is 1. The van der Waals surface area contributed by atoms with Crippen molar-refractivity contribution in [1.82, 2.24) is 14.9 Å². The van der Waals surface area contributed by atoms with Gasteiger partial charge in [0.2, 0.25) is 21.8 Å². The SMILES string of the molecule is C[C@H](C(=O)NCCc1ccccc1)N(Cc1ccc(Cl)cc1)C(=O)CCc1ccc(S(=O)(=O)NC2CC2)cc1. The van der Waals surface area contributed by atoms with Gasteiger partial charge in [-0.1, -0.05) is 66.2 Å². The third-order valence-electron chi connectivity index (χ3n) is 6.75. The minimum Gasteiger partial charge on any atom is -0.354 e.